The number of anilines is 3. The van der Waals surface area contributed by atoms with Crippen LogP contribution in [0, 0.1) is 0 Å². The van der Waals surface area contributed by atoms with E-state index in [2.05, 4.69) is 60.7 Å². The fourth-order valence-corrected chi connectivity index (χ4v) is 2.54. The highest BCUT2D eigenvalue weighted by Gasteiger charge is 2.13. The van der Waals surface area contributed by atoms with Crippen molar-refractivity contribution in [1.82, 2.24) is 4.98 Å². The van der Waals surface area contributed by atoms with Gasteiger partial charge >= 0.3 is 0 Å². The van der Waals surface area contributed by atoms with Crippen molar-refractivity contribution in [2.75, 3.05) is 10.6 Å². The number of nitrogens with one attached hydrogen (secondary N) is 2. The van der Waals surface area contributed by atoms with Gasteiger partial charge in [-0.15, -0.1) is 0 Å². The van der Waals surface area contributed by atoms with Crippen LogP contribution in [0.5, 0.6) is 0 Å². The lowest BCUT2D eigenvalue weighted by molar-refractivity contribution is 0.102. The Balaban J connectivity index is 1.65. The highest BCUT2D eigenvalue weighted by atomic mass is 16.1. The van der Waals surface area contributed by atoms with Gasteiger partial charge in [0.15, 0.2) is 0 Å². The lowest BCUT2D eigenvalue weighted by Gasteiger charge is -2.19. The molecule has 0 aliphatic carbocycles. The fraction of sp³-hybridized carbons (Fsp3) is 0.182. The van der Waals surface area contributed by atoms with Gasteiger partial charge in [0, 0.05) is 11.4 Å². The van der Waals surface area contributed by atoms with Gasteiger partial charge in [0.05, 0.1) is 11.9 Å². The molecule has 0 saturated carbocycles. The molecule has 4 heteroatoms. The third-order valence-electron chi connectivity index (χ3n) is 4.07. The Morgan fingerprint density at radius 2 is 1.46 bits per heavy atom. The van der Waals surface area contributed by atoms with Crippen LogP contribution < -0.4 is 10.6 Å². The average molecular weight is 345 g/mol. The smallest absolute Gasteiger partial charge is 0.274 e. The van der Waals surface area contributed by atoms with Crippen molar-refractivity contribution >= 4 is 23.0 Å². The molecule has 2 N–H and O–H groups in total. The molecule has 0 bridgehead atoms. The van der Waals surface area contributed by atoms with E-state index in [4.69, 9.17) is 0 Å². The van der Waals surface area contributed by atoms with Gasteiger partial charge in [-0.1, -0.05) is 51.1 Å². The number of benzene rings is 2. The number of amides is 1. The van der Waals surface area contributed by atoms with E-state index in [0.717, 1.165) is 17.1 Å². The zero-order chi connectivity index (χ0) is 18.6. The Morgan fingerprint density at radius 1 is 0.808 bits per heavy atom. The first-order valence-corrected chi connectivity index (χ1v) is 8.62. The number of pyridine rings is 1. The fourth-order valence-electron chi connectivity index (χ4n) is 2.54. The van der Waals surface area contributed by atoms with Crippen LogP contribution in [-0.2, 0) is 5.41 Å². The standard InChI is InChI=1S/C22H23N3O/c1-22(2,3)16-9-11-18(12-10-16)24-19-13-14-20(23-15-19)21(26)25-17-7-5-4-6-8-17/h4-15,24H,1-3H3,(H,25,26). The number of carbonyl (C=O) groups is 1. The third kappa shape index (κ3) is 4.48. The Hall–Kier alpha value is -3.14. The monoisotopic (exact) mass is 345 g/mol. The number of rotatable bonds is 4. The molecule has 2 aromatic carbocycles. The summed E-state index contributed by atoms with van der Waals surface area (Å²) in [6.45, 7) is 6.58. The van der Waals surface area contributed by atoms with E-state index in [0.29, 0.717) is 5.69 Å². The van der Waals surface area contributed by atoms with Gasteiger partial charge in [-0.05, 0) is 47.4 Å². The van der Waals surface area contributed by atoms with Gasteiger partial charge in [-0.3, -0.25) is 4.79 Å². The van der Waals surface area contributed by atoms with E-state index in [-0.39, 0.29) is 11.3 Å². The first-order chi connectivity index (χ1) is 12.4. The highest BCUT2D eigenvalue weighted by molar-refractivity contribution is 6.02. The summed E-state index contributed by atoms with van der Waals surface area (Å²) >= 11 is 0. The molecule has 4 nitrogen and oxygen atoms in total. The quantitative estimate of drug-likeness (QED) is 0.668. The van der Waals surface area contributed by atoms with E-state index in [1.807, 2.05) is 36.4 Å². The van der Waals surface area contributed by atoms with Crippen LogP contribution >= 0.6 is 0 Å². The molecular formula is C22H23N3O. The van der Waals surface area contributed by atoms with E-state index in [9.17, 15) is 4.79 Å². The highest BCUT2D eigenvalue weighted by Crippen LogP contribution is 2.24. The van der Waals surface area contributed by atoms with E-state index in [1.165, 1.54) is 5.56 Å². The molecule has 0 fully saturated rings. The molecule has 3 rings (SSSR count). The first kappa shape index (κ1) is 17.7. The maximum Gasteiger partial charge on any atom is 0.274 e. The van der Waals surface area contributed by atoms with Crippen LogP contribution in [0.1, 0.15) is 36.8 Å². The van der Waals surface area contributed by atoms with Crippen molar-refractivity contribution < 1.29 is 4.79 Å². The second kappa shape index (κ2) is 7.40. The zero-order valence-electron chi connectivity index (χ0n) is 15.3. The van der Waals surface area contributed by atoms with Crippen molar-refractivity contribution in [3.05, 3.63) is 84.2 Å². The summed E-state index contributed by atoms with van der Waals surface area (Å²) in [4.78, 5) is 16.5. The minimum absolute atomic E-state index is 0.133. The molecule has 0 aliphatic heterocycles. The lowest BCUT2D eigenvalue weighted by Crippen LogP contribution is -2.13. The Bertz CT molecular complexity index is 864. The summed E-state index contributed by atoms with van der Waals surface area (Å²) in [7, 11) is 0. The summed E-state index contributed by atoms with van der Waals surface area (Å²) in [6.07, 6.45) is 1.66. The second-order valence-electron chi connectivity index (χ2n) is 7.20. The number of para-hydroxylation sites is 1. The summed E-state index contributed by atoms with van der Waals surface area (Å²) in [6, 6.07) is 21.3. The minimum Gasteiger partial charge on any atom is -0.354 e. The molecule has 1 aromatic heterocycles. The molecule has 3 aromatic rings. The number of hydrogen-bond donors (Lipinski definition) is 2. The van der Waals surface area contributed by atoms with E-state index in [1.54, 1.807) is 12.3 Å². The lowest BCUT2D eigenvalue weighted by atomic mass is 9.87. The second-order valence-corrected chi connectivity index (χ2v) is 7.20. The molecule has 0 saturated heterocycles. The van der Waals surface area contributed by atoms with Crippen molar-refractivity contribution in [1.29, 1.82) is 0 Å². The van der Waals surface area contributed by atoms with Crippen molar-refractivity contribution in [2.24, 2.45) is 0 Å². The van der Waals surface area contributed by atoms with Gasteiger partial charge in [-0.25, -0.2) is 4.98 Å². The number of nitrogens with zero attached hydrogens (tertiary/aromatic N) is 1. The van der Waals surface area contributed by atoms with Crippen molar-refractivity contribution in [3.8, 4) is 0 Å². The predicted octanol–water partition coefficient (Wildman–Crippen LogP) is 5.38. The molecule has 26 heavy (non-hydrogen) atoms. The van der Waals surface area contributed by atoms with Gasteiger partial charge in [0.1, 0.15) is 5.69 Å². The number of aromatic nitrogens is 1. The maximum absolute atomic E-state index is 12.2. The SMILES string of the molecule is CC(C)(C)c1ccc(Nc2ccc(C(=O)Nc3ccccc3)nc2)cc1. The average Bonchev–Trinajstić information content (AvgIpc) is 2.63. The molecule has 0 aliphatic rings. The number of hydrogen-bond acceptors (Lipinski definition) is 3. The molecule has 0 atom stereocenters. The zero-order valence-corrected chi connectivity index (χ0v) is 15.3. The van der Waals surface area contributed by atoms with Crippen LogP contribution in [-0.4, -0.2) is 10.9 Å². The molecule has 0 radical (unpaired) electrons. The van der Waals surface area contributed by atoms with Crippen LogP contribution in [0.3, 0.4) is 0 Å². The van der Waals surface area contributed by atoms with Gasteiger partial charge in [0.2, 0.25) is 0 Å². The molecule has 1 amide bonds. The molecule has 0 unspecified atom stereocenters. The predicted molar refractivity (Wildman–Crippen MR) is 107 cm³/mol. The van der Waals surface area contributed by atoms with Gasteiger partial charge in [0.25, 0.3) is 5.91 Å². The normalized spacial score (nSPS) is 11.0. The Labute approximate surface area is 154 Å². The summed E-state index contributed by atoms with van der Waals surface area (Å²) in [5.41, 5.74) is 4.37. The molecular weight excluding hydrogens is 322 g/mol. The molecule has 1 heterocycles. The largest absolute Gasteiger partial charge is 0.354 e. The van der Waals surface area contributed by atoms with Gasteiger partial charge < -0.3 is 10.6 Å². The van der Waals surface area contributed by atoms with Crippen molar-refractivity contribution in [2.45, 2.75) is 26.2 Å². The van der Waals surface area contributed by atoms with Crippen LogP contribution in [0.2, 0.25) is 0 Å². The van der Waals surface area contributed by atoms with E-state index < -0.39 is 0 Å². The molecule has 132 valence electrons. The summed E-state index contributed by atoms with van der Waals surface area (Å²) in [5, 5.41) is 6.13. The number of carbonyl (C=O) groups excluding carboxylic acids is 1. The third-order valence-corrected chi connectivity index (χ3v) is 4.07. The Kier molecular flexibility index (Phi) is 5.03. The minimum atomic E-state index is -0.225. The Morgan fingerprint density at radius 3 is 2.04 bits per heavy atom. The van der Waals surface area contributed by atoms with Crippen LogP contribution in [0.4, 0.5) is 17.1 Å². The van der Waals surface area contributed by atoms with Crippen LogP contribution in [0.15, 0.2) is 72.9 Å². The first-order valence-electron chi connectivity index (χ1n) is 8.62. The summed E-state index contributed by atoms with van der Waals surface area (Å²) < 4.78 is 0. The van der Waals surface area contributed by atoms with Gasteiger partial charge in [-0.2, -0.15) is 0 Å². The van der Waals surface area contributed by atoms with Crippen molar-refractivity contribution in [3.63, 3.8) is 0 Å². The summed E-state index contributed by atoms with van der Waals surface area (Å²) in [5.74, 6) is -0.225. The van der Waals surface area contributed by atoms with Crippen LogP contribution in [0.25, 0.3) is 0 Å². The molecule has 0 spiro atoms. The topological polar surface area (TPSA) is 54.0 Å². The van der Waals surface area contributed by atoms with E-state index >= 15 is 0 Å². The maximum atomic E-state index is 12.2.